The lowest BCUT2D eigenvalue weighted by Crippen LogP contribution is -2.07. The Morgan fingerprint density at radius 2 is 1.91 bits per heavy atom. The van der Waals surface area contributed by atoms with Crippen LogP contribution in [0.2, 0.25) is 0 Å². The van der Waals surface area contributed by atoms with Gasteiger partial charge in [0.1, 0.15) is 17.5 Å². The van der Waals surface area contributed by atoms with Crippen LogP contribution >= 0.6 is 0 Å². The van der Waals surface area contributed by atoms with Gasteiger partial charge in [-0.25, -0.2) is 0 Å². The molecule has 0 radical (unpaired) electrons. The third kappa shape index (κ3) is 2.48. The number of rotatable bonds is 3. The molecule has 0 atom stereocenters. The van der Waals surface area contributed by atoms with Gasteiger partial charge in [-0.1, -0.05) is 6.07 Å². The number of anilines is 4. The second-order valence-corrected chi connectivity index (χ2v) is 4.30. The number of nitrogen functional groups attached to an aromatic ring is 2. The summed E-state index contributed by atoms with van der Waals surface area (Å²) in [5.41, 5.74) is 12.8. The summed E-state index contributed by atoms with van der Waals surface area (Å²) in [4.78, 5) is 9.24. The van der Waals surface area contributed by atoms with Crippen molar-refractivity contribution in [2.75, 3.05) is 16.8 Å². The minimum atomic E-state index is -0.0103. The van der Waals surface area contributed by atoms with Crippen molar-refractivity contribution in [1.29, 1.82) is 5.26 Å². The number of nitrogens with zero attached hydrogens (tertiary/aromatic N) is 6. The van der Waals surface area contributed by atoms with E-state index in [1.54, 1.807) is 18.5 Å². The second-order valence-electron chi connectivity index (χ2n) is 4.30. The molecule has 0 bridgehead atoms. The van der Waals surface area contributed by atoms with Crippen LogP contribution in [0.4, 0.5) is 23.3 Å². The number of benzene rings is 1. The SMILES string of the molecule is N#Cc1c(N)nc(N)nc1Nc1cccc(-n2nccn2)c1. The summed E-state index contributed by atoms with van der Waals surface area (Å²) in [5, 5.41) is 20.3. The third-order valence-corrected chi connectivity index (χ3v) is 2.82. The summed E-state index contributed by atoms with van der Waals surface area (Å²) < 4.78 is 0. The van der Waals surface area contributed by atoms with Gasteiger partial charge in [0.15, 0.2) is 5.82 Å². The lowest BCUT2D eigenvalue weighted by atomic mass is 10.2. The first kappa shape index (κ1) is 13.3. The number of nitriles is 1. The zero-order chi connectivity index (χ0) is 15.5. The highest BCUT2D eigenvalue weighted by molar-refractivity contribution is 5.70. The van der Waals surface area contributed by atoms with Crippen molar-refractivity contribution in [3.8, 4) is 11.8 Å². The van der Waals surface area contributed by atoms with Crippen LogP contribution in [0.25, 0.3) is 5.69 Å². The molecule has 3 rings (SSSR count). The van der Waals surface area contributed by atoms with Crippen LogP contribution < -0.4 is 16.8 Å². The van der Waals surface area contributed by atoms with E-state index in [9.17, 15) is 0 Å². The van der Waals surface area contributed by atoms with Crippen molar-refractivity contribution in [1.82, 2.24) is 25.0 Å². The van der Waals surface area contributed by atoms with E-state index in [0.717, 1.165) is 5.69 Å². The fourth-order valence-electron chi connectivity index (χ4n) is 1.89. The highest BCUT2D eigenvalue weighted by atomic mass is 15.5. The molecular weight excluding hydrogens is 282 g/mol. The molecule has 0 amide bonds. The fourth-order valence-corrected chi connectivity index (χ4v) is 1.89. The van der Waals surface area contributed by atoms with Crippen molar-refractivity contribution < 1.29 is 0 Å². The largest absolute Gasteiger partial charge is 0.382 e. The smallest absolute Gasteiger partial charge is 0.224 e. The van der Waals surface area contributed by atoms with Crippen LogP contribution in [0, 0.1) is 11.3 Å². The maximum atomic E-state index is 9.16. The molecule has 1 aromatic carbocycles. The lowest BCUT2D eigenvalue weighted by molar-refractivity contribution is 0.752. The lowest BCUT2D eigenvalue weighted by Gasteiger charge is -2.10. The topological polar surface area (TPSA) is 144 Å². The van der Waals surface area contributed by atoms with Gasteiger partial charge in [0, 0.05) is 5.69 Å². The van der Waals surface area contributed by atoms with Gasteiger partial charge in [-0.3, -0.25) is 0 Å². The van der Waals surface area contributed by atoms with E-state index in [-0.39, 0.29) is 23.1 Å². The Labute approximate surface area is 125 Å². The van der Waals surface area contributed by atoms with Crippen LogP contribution in [0.3, 0.4) is 0 Å². The minimum Gasteiger partial charge on any atom is -0.382 e. The molecule has 3 aromatic rings. The molecule has 2 aromatic heterocycles. The first-order chi connectivity index (χ1) is 10.7. The van der Waals surface area contributed by atoms with Gasteiger partial charge >= 0.3 is 0 Å². The van der Waals surface area contributed by atoms with Gasteiger partial charge in [-0.05, 0) is 18.2 Å². The van der Waals surface area contributed by atoms with Gasteiger partial charge < -0.3 is 16.8 Å². The van der Waals surface area contributed by atoms with Crippen molar-refractivity contribution in [3.63, 3.8) is 0 Å². The normalized spacial score (nSPS) is 10.1. The molecule has 0 saturated carbocycles. The molecule has 0 saturated heterocycles. The Morgan fingerprint density at radius 1 is 1.14 bits per heavy atom. The zero-order valence-corrected chi connectivity index (χ0v) is 11.3. The van der Waals surface area contributed by atoms with Crippen molar-refractivity contribution in [2.45, 2.75) is 0 Å². The van der Waals surface area contributed by atoms with Gasteiger partial charge in [-0.2, -0.15) is 30.2 Å². The van der Waals surface area contributed by atoms with E-state index in [2.05, 4.69) is 25.5 Å². The average Bonchev–Trinajstić information content (AvgIpc) is 3.01. The molecule has 9 heteroatoms. The zero-order valence-electron chi connectivity index (χ0n) is 11.3. The second kappa shape index (κ2) is 5.37. The van der Waals surface area contributed by atoms with Crippen LogP contribution in [0.15, 0.2) is 36.7 Å². The van der Waals surface area contributed by atoms with Gasteiger partial charge in [0.05, 0.1) is 18.1 Å². The Morgan fingerprint density at radius 3 is 2.64 bits per heavy atom. The molecule has 0 spiro atoms. The van der Waals surface area contributed by atoms with E-state index in [1.165, 1.54) is 4.80 Å². The summed E-state index contributed by atoms with van der Waals surface area (Å²) >= 11 is 0. The molecule has 0 aliphatic carbocycles. The van der Waals surface area contributed by atoms with Crippen LogP contribution in [-0.4, -0.2) is 25.0 Å². The molecule has 9 nitrogen and oxygen atoms in total. The Kier molecular flexibility index (Phi) is 3.25. The first-order valence-corrected chi connectivity index (χ1v) is 6.24. The predicted molar refractivity (Wildman–Crippen MR) is 80.2 cm³/mol. The number of nitrogens with one attached hydrogen (secondary N) is 1. The highest BCUT2D eigenvalue weighted by Gasteiger charge is 2.11. The van der Waals surface area contributed by atoms with Crippen LogP contribution in [0.5, 0.6) is 0 Å². The molecular formula is C13H11N9. The molecule has 22 heavy (non-hydrogen) atoms. The summed E-state index contributed by atoms with van der Waals surface area (Å²) in [5.74, 6) is 0.268. The van der Waals surface area contributed by atoms with E-state index in [4.69, 9.17) is 16.7 Å². The maximum absolute atomic E-state index is 9.16. The average molecular weight is 293 g/mol. The summed E-state index contributed by atoms with van der Waals surface area (Å²) in [7, 11) is 0. The third-order valence-electron chi connectivity index (χ3n) is 2.82. The van der Waals surface area contributed by atoms with E-state index >= 15 is 0 Å². The van der Waals surface area contributed by atoms with Crippen molar-refractivity contribution in [3.05, 3.63) is 42.2 Å². The predicted octanol–water partition coefficient (Wildman–Crippen LogP) is 0.837. The quantitative estimate of drug-likeness (QED) is 0.644. The molecule has 0 aliphatic heterocycles. The maximum Gasteiger partial charge on any atom is 0.224 e. The first-order valence-electron chi connectivity index (χ1n) is 6.24. The van der Waals surface area contributed by atoms with Gasteiger partial charge in [0.25, 0.3) is 0 Å². The van der Waals surface area contributed by atoms with Crippen molar-refractivity contribution in [2.24, 2.45) is 0 Å². The van der Waals surface area contributed by atoms with E-state index in [0.29, 0.717) is 5.69 Å². The van der Waals surface area contributed by atoms with E-state index in [1.807, 2.05) is 24.3 Å². The number of hydrogen-bond acceptors (Lipinski definition) is 8. The Hall–Kier alpha value is -3.67. The summed E-state index contributed by atoms with van der Waals surface area (Å²) in [6, 6.07) is 9.23. The van der Waals surface area contributed by atoms with E-state index < -0.39 is 0 Å². The molecule has 0 unspecified atom stereocenters. The molecule has 108 valence electrons. The van der Waals surface area contributed by atoms with Gasteiger partial charge in [-0.15, -0.1) is 0 Å². The standard InChI is InChI=1S/C13H11N9/c14-7-10-11(15)20-13(16)21-12(10)19-8-2-1-3-9(6-8)22-17-4-5-18-22/h1-6H,(H5,15,16,19,20,21). The number of nitrogens with two attached hydrogens (primary N) is 2. The van der Waals surface area contributed by atoms with Gasteiger partial charge in [0.2, 0.25) is 5.95 Å². The Balaban J connectivity index is 1.98. The molecule has 0 aliphatic rings. The number of aromatic nitrogens is 5. The van der Waals surface area contributed by atoms with Crippen LogP contribution in [-0.2, 0) is 0 Å². The monoisotopic (exact) mass is 293 g/mol. The highest BCUT2D eigenvalue weighted by Crippen LogP contribution is 2.23. The summed E-state index contributed by atoms with van der Waals surface area (Å²) in [6.07, 6.45) is 3.17. The fraction of sp³-hybridized carbons (Fsp3) is 0. The minimum absolute atomic E-state index is 0.0103. The van der Waals surface area contributed by atoms with Crippen molar-refractivity contribution >= 4 is 23.3 Å². The molecule has 5 N–H and O–H groups in total. The molecule has 2 heterocycles. The van der Waals surface area contributed by atoms with Crippen LogP contribution in [0.1, 0.15) is 5.56 Å². The number of hydrogen-bond donors (Lipinski definition) is 3. The summed E-state index contributed by atoms with van der Waals surface area (Å²) in [6.45, 7) is 0. The molecule has 0 fully saturated rings. The Bertz CT molecular complexity index is 848.